The van der Waals surface area contributed by atoms with E-state index >= 15 is 0 Å². The number of hydrogen-bond donors (Lipinski definition) is 1. The van der Waals surface area contributed by atoms with Gasteiger partial charge in [-0.25, -0.2) is 0 Å². The fraction of sp³-hybridized carbons (Fsp3) is 0.857. The Balaban J connectivity index is 2.14. The van der Waals surface area contributed by atoms with Gasteiger partial charge in [0.2, 0.25) is 11.8 Å². The highest BCUT2D eigenvalue weighted by atomic mass is 16.2. The first-order chi connectivity index (χ1) is 8.41. The Morgan fingerprint density at radius 3 is 2.44 bits per heavy atom. The van der Waals surface area contributed by atoms with Crippen molar-refractivity contribution < 1.29 is 9.59 Å². The molecular weight excluding hydrogens is 228 g/mol. The van der Waals surface area contributed by atoms with Crippen molar-refractivity contribution in [3.8, 4) is 0 Å². The van der Waals surface area contributed by atoms with E-state index in [0.717, 1.165) is 6.54 Å². The highest BCUT2D eigenvalue weighted by molar-refractivity contribution is 5.96. The summed E-state index contributed by atoms with van der Waals surface area (Å²) < 4.78 is 0. The predicted molar refractivity (Wildman–Crippen MR) is 69.9 cm³/mol. The Morgan fingerprint density at radius 1 is 1.39 bits per heavy atom. The zero-order valence-corrected chi connectivity index (χ0v) is 11.8. The maximum absolute atomic E-state index is 12.4. The second-order valence-corrected chi connectivity index (χ2v) is 6.13. The van der Waals surface area contributed by atoms with Gasteiger partial charge in [0.25, 0.3) is 0 Å². The summed E-state index contributed by atoms with van der Waals surface area (Å²) in [6.07, 6.45) is 3.03. The zero-order valence-electron chi connectivity index (χ0n) is 11.8. The Kier molecular flexibility index (Phi) is 3.39. The molecule has 4 heteroatoms. The van der Waals surface area contributed by atoms with Crippen LogP contribution in [-0.2, 0) is 9.59 Å². The molecule has 2 unspecified atom stereocenters. The molecule has 1 heterocycles. The van der Waals surface area contributed by atoms with Crippen molar-refractivity contribution in [1.82, 2.24) is 10.2 Å². The Hall–Kier alpha value is -1.06. The first-order valence-electron chi connectivity index (χ1n) is 7.02. The van der Waals surface area contributed by atoms with E-state index in [1.807, 2.05) is 13.8 Å². The number of piperazine rings is 1. The highest BCUT2D eigenvalue weighted by Crippen LogP contribution is 2.52. The molecule has 4 nitrogen and oxygen atoms in total. The van der Waals surface area contributed by atoms with Crippen LogP contribution in [0.4, 0.5) is 0 Å². The second-order valence-electron chi connectivity index (χ2n) is 6.13. The van der Waals surface area contributed by atoms with Crippen LogP contribution in [0, 0.1) is 11.3 Å². The second kappa shape index (κ2) is 4.56. The van der Waals surface area contributed by atoms with E-state index in [2.05, 4.69) is 19.2 Å². The average molecular weight is 252 g/mol. The summed E-state index contributed by atoms with van der Waals surface area (Å²) in [6.45, 7) is 8.93. The maximum atomic E-state index is 12.4. The summed E-state index contributed by atoms with van der Waals surface area (Å²) in [5, 5.41) is 2.80. The molecule has 1 aliphatic carbocycles. The number of carbonyl (C=O) groups excluding carboxylic acids is 2. The highest BCUT2D eigenvalue weighted by Gasteiger charge is 2.50. The molecule has 2 fully saturated rings. The maximum Gasteiger partial charge on any atom is 0.245 e. The van der Waals surface area contributed by atoms with Gasteiger partial charge in [0, 0.05) is 6.54 Å². The smallest absolute Gasteiger partial charge is 0.245 e. The van der Waals surface area contributed by atoms with E-state index in [9.17, 15) is 9.59 Å². The number of hydrogen-bond acceptors (Lipinski definition) is 2. The molecule has 2 aliphatic rings. The molecule has 0 aromatic heterocycles. The molecule has 0 aromatic rings. The van der Waals surface area contributed by atoms with Crippen LogP contribution < -0.4 is 5.32 Å². The number of rotatable bonds is 4. The Labute approximate surface area is 109 Å². The van der Waals surface area contributed by atoms with Gasteiger partial charge >= 0.3 is 0 Å². The summed E-state index contributed by atoms with van der Waals surface area (Å²) in [7, 11) is 0. The molecule has 0 spiro atoms. The van der Waals surface area contributed by atoms with E-state index in [1.54, 1.807) is 4.90 Å². The van der Waals surface area contributed by atoms with Crippen LogP contribution in [0.25, 0.3) is 0 Å². The minimum Gasteiger partial charge on any atom is -0.343 e. The molecule has 18 heavy (non-hydrogen) atoms. The number of amides is 2. The van der Waals surface area contributed by atoms with Crippen molar-refractivity contribution in [3.63, 3.8) is 0 Å². The van der Waals surface area contributed by atoms with Crippen molar-refractivity contribution in [2.45, 2.75) is 59.0 Å². The van der Waals surface area contributed by atoms with Crippen LogP contribution in [0.3, 0.4) is 0 Å². The van der Waals surface area contributed by atoms with Crippen LogP contribution in [-0.4, -0.2) is 35.3 Å². The van der Waals surface area contributed by atoms with Crippen molar-refractivity contribution in [2.75, 3.05) is 6.54 Å². The standard InChI is InChI=1S/C14H24N2O2/c1-5-11-13(18)16(10(4)12(17)15-11)8-14(6-7-14)9(2)3/h9-11H,5-8H2,1-4H3,(H,15,17). The van der Waals surface area contributed by atoms with Gasteiger partial charge in [-0.1, -0.05) is 20.8 Å². The minimum atomic E-state index is -0.323. The Bertz CT molecular complexity index is 361. The predicted octanol–water partition coefficient (Wildman–Crippen LogP) is 1.55. The molecule has 2 amide bonds. The van der Waals surface area contributed by atoms with E-state index in [4.69, 9.17) is 0 Å². The first-order valence-corrected chi connectivity index (χ1v) is 7.02. The summed E-state index contributed by atoms with van der Waals surface area (Å²) in [4.78, 5) is 26.0. The van der Waals surface area contributed by atoms with Crippen LogP contribution in [0.15, 0.2) is 0 Å². The van der Waals surface area contributed by atoms with E-state index in [1.165, 1.54) is 12.8 Å². The van der Waals surface area contributed by atoms with Crippen LogP contribution in [0.1, 0.15) is 47.0 Å². The lowest BCUT2D eigenvalue weighted by molar-refractivity contribution is -0.150. The van der Waals surface area contributed by atoms with Gasteiger partial charge in [0.1, 0.15) is 12.1 Å². The average Bonchev–Trinajstić information content (AvgIpc) is 3.10. The van der Waals surface area contributed by atoms with Gasteiger partial charge in [-0.15, -0.1) is 0 Å². The minimum absolute atomic E-state index is 0.0130. The fourth-order valence-corrected chi connectivity index (χ4v) is 2.80. The number of carbonyl (C=O) groups is 2. The van der Waals surface area contributed by atoms with Crippen molar-refractivity contribution >= 4 is 11.8 Å². The molecule has 0 bridgehead atoms. The zero-order chi connectivity index (χ0) is 13.5. The third-order valence-corrected chi connectivity index (χ3v) is 4.76. The summed E-state index contributed by atoms with van der Waals surface area (Å²) in [6, 6.07) is -0.645. The normalized spacial score (nSPS) is 30.6. The summed E-state index contributed by atoms with van der Waals surface area (Å²) >= 11 is 0. The molecular formula is C14H24N2O2. The van der Waals surface area contributed by atoms with Crippen molar-refractivity contribution in [3.05, 3.63) is 0 Å². The quantitative estimate of drug-likeness (QED) is 0.825. The van der Waals surface area contributed by atoms with Gasteiger partial charge in [0.05, 0.1) is 0 Å². The Morgan fingerprint density at radius 2 is 2.00 bits per heavy atom. The third kappa shape index (κ3) is 2.13. The molecule has 0 aromatic carbocycles. The molecule has 0 radical (unpaired) electrons. The molecule has 2 rings (SSSR count). The van der Waals surface area contributed by atoms with E-state index in [-0.39, 0.29) is 29.3 Å². The van der Waals surface area contributed by atoms with E-state index in [0.29, 0.717) is 12.3 Å². The number of nitrogens with one attached hydrogen (secondary N) is 1. The molecule has 1 aliphatic heterocycles. The topological polar surface area (TPSA) is 49.4 Å². The first kappa shape index (κ1) is 13.4. The largest absolute Gasteiger partial charge is 0.343 e. The monoisotopic (exact) mass is 252 g/mol. The van der Waals surface area contributed by atoms with E-state index < -0.39 is 0 Å². The van der Waals surface area contributed by atoms with Gasteiger partial charge in [-0.3, -0.25) is 9.59 Å². The van der Waals surface area contributed by atoms with Crippen LogP contribution in [0.5, 0.6) is 0 Å². The molecule has 1 N–H and O–H groups in total. The van der Waals surface area contributed by atoms with Gasteiger partial charge in [-0.2, -0.15) is 0 Å². The number of nitrogens with zero attached hydrogens (tertiary/aromatic N) is 1. The van der Waals surface area contributed by atoms with Crippen LogP contribution >= 0.6 is 0 Å². The summed E-state index contributed by atoms with van der Waals surface area (Å²) in [5.74, 6) is 0.653. The molecule has 1 saturated heterocycles. The molecule has 1 saturated carbocycles. The van der Waals surface area contributed by atoms with Crippen molar-refractivity contribution in [1.29, 1.82) is 0 Å². The lowest BCUT2D eigenvalue weighted by atomic mass is 9.90. The lowest BCUT2D eigenvalue weighted by Crippen LogP contribution is -2.63. The van der Waals surface area contributed by atoms with Gasteiger partial charge in [0.15, 0.2) is 0 Å². The van der Waals surface area contributed by atoms with Crippen molar-refractivity contribution in [2.24, 2.45) is 11.3 Å². The molecule has 2 atom stereocenters. The summed E-state index contributed by atoms with van der Waals surface area (Å²) in [5.41, 5.74) is 0.264. The van der Waals surface area contributed by atoms with Gasteiger partial charge < -0.3 is 10.2 Å². The fourth-order valence-electron chi connectivity index (χ4n) is 2.80. The lowest BCUT2D eigenvalue weighted by Gasteiger charge is -2.40. The van der Waals surface area contributed by atoms with Crippen LogP contribution in [0.2, 0.25) is 0 Å². The SMILES string of the molecule is CCC1NC(=O)C(C)N(CC2(C(C)C)CC2)C1=O. The molecule has 102 valence electrons. The third-order valence-electron chi connectivity index (χ3n) is 4.76. The van der Waals surface area contributed by atoms with Gasteiger partial charge in [-0.05, 0) is 37.5 Å².